The van der Waals surface area contributed by atoms with E-state index in [4.69, 9.17) is 11.6 Å². The Morgan fingerprint density at radius 3 is 3.21 bits per heavy atom. The van der Waals surface area contributed by atoms with Crippen molar-refractivity contribution in [1.82, 2.24) is 20.0 Å². The van der Waals surface area contributed by atoms with Gasteiger partial charge in [0.2, 0.25) is 5.91 Å². The van der Waals surface area contributed by atoms with Crippen LogP contribution in [0.5, 0.6) is 0 Å². The van der Waals surface area contributed by atoms with Gasteiger partial charge in [0.1, 0.15) is 5.65 Å². The molecule has 1 amide bonds. The van der Waals surface area contributed by atoms with Crippen molar-refractivity contribution in [3.05, 3.63) is 35.2 Å². The number of halogens is 1. The number of imidazole rings is 1. The molecule has 1 aliphatic heterocycles. The molecule has 100 valence electrons. The molecule has 1 aliphatic rings. The second-order valence-electron chi connectivity index (χ2n) is 4.71. The summed E-state index contributed by atoms with van der Waals surface area (Å²) in [5, 5.41) is 6.74. The molecule has 0 radical (unpaired) electrons. The number of carbonyl (C=O) groups excluding carboxylic acids is 1. The first-order chi connectivity index (χ1) is 9.22. The number of hydrogen-bond acceptors (Lipinski definition) is 3. The van der Waals surface area contributed by atoms with E-state index >= 15 is 0 Å². The highest BCUT2D eigenvalue weighted by Gasteiger charge is 2.21. The molecule has 2 N–H and O–H groups in total. The van der Waals surface area contributed by atoms with E-state index in [1.807, 2.05) is 16.7 Å². The van der Waals surface area contributed by atoms with Gasteiger partial charge in [0.05, 0.1) is 23.3 Å². The Balaban J connectivity index is 1.66. The molecule has 1 unspecified atom stereocenters. The molecular weight excluding hydrogens is 264 g/mol. The lowest BCUT2D eigenvalue weighted by molar-refractivity contribution is -0.122. The van der Waals surface area contributed by atoms with Crippen molar-refractivity contribution in [2.24, 2.45) is 0 Å². The van der Waals surface area contributed by atoms with Gasteiger partial charge in [-0.3, -0.25) is 4.79 Å². The van der Waals surface area contributed by atoms with Crippen molar-refractivity contribution < 1.29 is 4.79 Å². The SMILES string of the molecule is O=C(NCc1cn2cc(Cl)ccc2n1)C1CCCN1. The van der Waals surface area contributed by atoms with Gasteiger partial charge in [0, 0.05) is 12.4 Å². The van der Waals surface area contributed by atoms with Gasteiger partial charge in [-0.2, -0.15) is 0 Å². The molecule has 19 heavy (non-hydrogen) atoms. The smallest absolute Gasteiger partial charge is 0.237 e. The summed E-state index contributed by atoms with van der Waals surface area (Å²) in [7, 11) is 0. The average Bonchev–Trinajstić information content (AvgIpc) is 3.04. The fraction of sp³-hybridized carbons (Fsp3) is 0.385. The molecule has 6 heteroatoms. The second kappa shape index (κ2) is 5.19. The molecule has 1 fully saturated rings. The van der Waals surface area contributed by atoms with Crippen molar-refractivity contribution in [2.45, 2.75) is 25.4 Å². The van der Waals surface area contributed by atoms with Crippen LogP contribution < -0.4 is 10.6 Å². The highest BCUT2D eigenvalue weighted by molar-refractivity contribution is 6.30. The van der Waals surface area contributed by atoms with Crippen LogP contribution in [-0.4, -0.2) is 27.9 Å². The third kappa shape index (κ3) is 2.72. The van der Waals surface area contributed by atoms with E-state index in [0.717, 1.165) is 30.7 Å². The normalized spacial score (nSPS) is 18.9. The van der Waals surface area contributed by atoms with E-state index < -0.39 is 0 Å². The third-order valence-corrected chi connectivity index (χ3v) is 3.51. The van der Waals surface area contributed by atoms with Gasteiger partial charge in [-0.1, -0.05) is 11.6 Å². The van der Waals surface area contributed by atoms with Crippen molar-refractivity contribution in [2.75, 3.05) is 6.54 Å². The van der Waals surface area contributed by atoms with Crippen LogP contribution in [0, 0.1) is 0 Å². The van der Waals surface area contributed by atoms with Crippen molar-refractivity contribution in [3.8, 4) is 0 Å². The Bertz CT molecular complexity index is 604. The van der Waals surface area contributed by atoms with Crippen LogP contribution in [-0.2, 0) is 11.3 Å². The summed E-state index contributed by atoms with van der Waals surface area (Å²) in [4.78, 5) is 16.3. The van der Waals surface area contributed by atoms with E-state index in [9.17, 15) is 4.79 Å². The summed E-state index contributed by atoms with van der Waals surface area (Å²) in [5.41, 5.74) is 1.65. The van der Waals surface area contributed by atoms with Crippen LogP contribution in [0.4, 0.5) is 0 Å². The summed E-state index contributed by atoms with van der Waals surface area (Å²) in [6.07, 6.45) is 5.65. The van der Waals surface area contributed by atoms with E-state index in [-0.39, 0.29) is 11.9 Å². The van der Waals surface area contributed by atoms with Crippen molar-refractivity contribution in [3.63, 3.8) is 0 Å². The molecule has 0 saturated carbocycles. The summed E-state index contributed by atoms with van der Waals surface area (Å²) in [5.74, 6) is 0.0487. The Labute approximate surface area is 116 Å². The fourth-order valence-corrected chi connectivity index (χ4v) is 2.48. The van der Waals surface area contributed by atoms with Gasteiger partial charge in [0.25, 0.3) is 0 Å². The third-order valence-electron chi connectivity index (χ3n) is 3.29. The number of aromatic nitrogens is 2. The lowest BCUT2D eigenvalue weighted by Gasteiger charge is -2.09. The van der Waals surface area contributed by atoms with Crippen LogP contribution >= 0.6 is 11.6 Å². The monoisotopic (exact) mass is 278 g/mol. The van der Waals surface area contributed by atoms with Gasteiger partial charge in [-0.25, -0.2) is 4.98 Å². The van der Waals surface area contributed by atoms with Crippen LogP contribution in [0.1, 0.15) is 18.5 Å². The standard InChI is InChI=1S/C13H15ClN4O/c14-9-3-4-12-17-10(8-18(12)7-9)6-16-13(19)11-2-1-5-15-11/h3-4,7-8,11,15H,1-2,5-6H2,(H,16,19). The molecule has 0 aliphatic carbocycles. The second-order valence-corrected chi connectivity index (χ2v) is 5.15. The van der Waals surface area contributed by atoms with Crippen LogP contribution in [0.2, 0.25) is 5.02 Å². The number of rotatable bonds is 3. The van der Waals surface area contributed by atoms with Crippen molar-refractivity contribution >= 4 is 23.2 Å². The van der Waals surface area contributed by atoms with Gasteiger partial charge < -0.3 is 15.0 Å². The largest absolute Gasteiger partial charge is 0.349 e. The van der Waals surface area contributed by atoms with E-state index in [0.29, 0.717) is 11.6 Å². The predicted octanol–water partition coefficient (Wildman–Crippen LogP) is 1.36. The van der Waals surface area contributed by atoms with E-state index in [2.05, 4.69) is 15.6 Å². The Morgan fingerprint density at radius 1 is 1.53 bits per heavy atom. The molecule has 2 aromatic heterocycles. The highest BCUT2D eigenvalue weighted by atomic mass is 35.5. The maximum absolute atomic E-state index is 11.9. The molecule has 1 saturated heterocycles. The first-order valence-corrected chi connectivity index (χ1v) is 6.74. The number of hydrogen-bond donors (Lipinski definition) is 2. The molecule has 0 spiro atoms. The molecule has 5 nitrogen and oxygen atoms in total. The molecular formula is C13H15ClN4O. The quantitative estimate of drug-likeness (QED) is 0.891. The summed E-state index contributed by atoms with van der Waals surface area (Å²) in [6.45, 7) is 1.36. The molecule has 1 atom stereocenters. The Kier molecular flexibility index (Phi) is 3.40. The first kappa shape index (κ1) is 12.4. The maximum atomic E-state index is 11.9. The zero-order valence-corrected chi connectivity index (χ0v) is 11.2. The number of carbonyl (C=O) groups is 1. The van der Waals surface area contributed by atoms with Crippen LogP contribution in [0.25, 0.3) is 5.65 Å². The minimum Gasteiger partial charge on any atom is -0.349 e. The lowest BCUT2D eigenvalue weighted by Crippen LogP contribution is -2.40. The number of fused-ring (bicyclic) bond motifs is 1. The van der Waals surface area contributed by atoms with Gasteiger partial charge in [-0.05, 0) is 31.5 Å². The van der Waals surface area contributed by atoms with E-state index in [1.54, 1.807) is 12.3 Å². The Hall–Kier alpha value is -1.59. The van der Waals surface area contributed by atoms with Crippen LogP contribution in [0.15, 0.2) is 24.5 Å². The molecule has 0 bridgehead atoms. The van der Waals surface area contributed by atoms with Gasteiger partial charge in [0.15, 0.2) is 0 Å². The van der Waals surface area contributed by atoms with Gasteiger partial charge in [-0.15, -0.1) is 0 Å². The molecule has 3 heterocycles. The van der Waals surface area contributed by atoms with E-state index in [1.165, 1.54) is 0 Å². The number of amides is 1. The van der Waals surface area contributed by atoms with Crippen molar-refractivity contribution in [1.29, 1.82) is 0 Å². The Morgan fingerprint density at radius 2 is 2.42 bits per heavy atom. The number of nitrogens with one attached hydrogen (secondary N) is 2. The topological polar surface area (TPSA) is 58.4 Å². The van der Waals surface area contributed by atoms with Crippen LogP contribution in [0.3, 0.4) is 0 Å². The molecule has 3 rings (SSSR count). The minimum absolute atomic E-state index is 0.0487. The number of pyridine rings is 1. The zero-order valence-electron chi connectivity index (χ0n) is 10.4. The summed E-state index contributed by atoms with van der Waals surface area (Å²) < 4.78 is 1.86. The summed E-state index contributed by atoms with van der Waals surface area (Å²) in [6, 6.07) is 3.60. The number of nitrogens with zero attached hydrogens (tertiary/aromatic N) is 2. The minimum atomic E-state index is -0.0496. The predicted molar refractivity (Wildman–Crippen MR) is 73.1 cm³/mol. The average molecular weight is 279 g/mol. The molecule has 2 aromatic rings. The fourth-order valence-electron chi connectivity index (χ4n) is 2.31. The summed E-state index contributed by atoms with van der Waals surface area (Å²) >= 11 is 5.91. The lowest BCUT2D eigenvalue weighted by atomic mass is 10.2. The van der Waals surface area contributed by atoms with Gasteiger partial charge >= 0.3 is 0 Å². The molecule has 0 aromatic carbocycles. The highest BCUT2D eigenvalue weighted by Crippen LogP contribution is 2.12. The zero-order chi connectivity index (χ0) is 13.2. The maximum Gasteiger partial charge on any atom is 0.237 e. The first-order valence-electron chi connectivity index (χ1n) is 6.36.